The third-order valence-corrected chi connectivity index (χ3v) is 5.84. The van der Waals surface area contributed by atoms with Gasteiger partial charge in [0.25, 0.3) is 5.91 Å². The Morgan fingerprint density at radius 3 is 2.67 bits per heavy atom. The third-order valence-electron chi connectivity index (χ3n) is 5.84. The zero-order valence-electron chi connectivity index (χ0n) is 20.0. The molecule has 204 valence electrons. The number of hydrogen-bond acceptors (Lipinski definition) is 9. The first-order chi connectivity index (χ1) is 18.8. The van der Waals surface area contributed by atoms with Gasteiger partial charge in [0.2, 0.25) is 11.7 Å². The first-order valence-corrected chi connectivity index (χ1v) is 11.7. The lowest BCUT2D eigenvalue weighted by molar-refractivity contribution is -0.0515. The van der Waals surface area contributed by atoms with Crippen molar-refractivity contribution >= 4 is 5.91 Å². The summed E-state index contributed by atoms with van der Waals surface area (Å²) in [5, 5.41) is 15.8. The van der Waals surface area contributed by atoms with E-state index in [1.165, 1.54) is 18.2 Å². The fraction of sp³-hybridized carbons (Fsp3) is 0.292. The Kier molecular flexibility index (Phi) is 7.40. The van der Waals surface area contributed by atoms with E-state index < -0.39 is 30.2 Å². The van der Waals surface area contributed by atoms with Gasteiger partial charge in [-0.1, -0.05) is 11.3 Å². The molecule has 1 saturated carbocycles. The van der Waals surface area contributed by atoms with Crippen LogP contribution in [0.3, 0.4) is 0 Å². The molecule has 2 aromatic heterocycles. The number of hydrogen-bond donors (Lipinski definition) is 3. The summed E-state index contributed by atoms with van der Waals surface area (Å²) in [5.41, 5.74) is 5.72. The number of benzene rings is 2. The van der Waals surface area contributed by atoms with Gasteiger partial charge >= 0.3 is 6.61 Å². The summed E-state index contributed by atoms with van der Waals surface area (Å²) in [6.45, 7) is -2.96. The molecule has 0 saturated heterocycles. The van der Waals surface area contributed by atoms with Crippen LogP contribution in [0.4, 0.5) is 17.6 Å². The van der Waals surface area contributed by atoms with Gasteiger partial charge in [-0.25, -0.2) is 13.8 Å². The molecule has 2 heterocycles. The van der Waals surface area contributed by atoms with Crippen LogP contribution in [0.15, 0.2) is 40.8 Å². The maximum Gasteiger partial charge on any atom is 0.387 e. The van der Waals surface area contributed by atoms with Crippen LogP contribution in [0.1, 0.15) is 46.5 Å². The average Bonchev–Trinajstić information content (AvgIpc) is 3.38. The van der Waals surface area contributed by atoms with Gasteiger partial charge in [-0.05, 0) is 43.0 Å². The smallest absolute Gasteiger partial charge is 0.387 e. The van der Waals surface area contributed by atoms with Crippen molar-refractivity contribution in [1.29, 1.82) is 0 Å². The zero-order chi connectivity index (χ0) is 27.5. The predicted octanol–water partition coefficient (Wildman–Crippen LogP) is 3.50. The second-order valence-electron chi connectivity index (χ2n) is 8.63. The number of nitrogens with two attached hydrogens (primary N) is 1. The number of carbonyl (C=O) groups excluding carboxylic acids is 1. The molecule has 11 nitrogen and oxygen atoms in total. The van der Waals surface area contributed by atoms with Crippen LogP contribution < -0.4 is 20.5 Å². The van der Waals surface area contributed by atoms with Gasteiger partial charge in [0, 0.05) is 17.2 Å². The maximum absolute atomic E-state index is 14.6. The predicted molar refractivity (Wildman–Crippen MR) is 125 cm³/mol. The Hall–Kier alpha value is -4.53. The number of aromatic nitrogens is 5. The van der Waals surface area contributed by atoms with Gasteiger partial charge in [-0.3, -0.25) is 4.79 Å². The molecule has 1 atom stereocenters. The van der Waals surface area contributed by atoms with Crippen LogP contribution in [0.2, 0.25) is 0 Å². The Morgan fingerprint density at radius 1 is 1.18 bits per heavy atom. The molecule has 15 heteroatoms. The van der Waals surface area contributed by atoms with E-state index >= 15 is 0 Å². The summed E-state index contributed by atoms with van der Waals surface area (Å²) in [5.74, 6) is -2.52. The van der Waals surface area contributed by atoms with Gasteiger partial charge in [0.05, 0.1) is 13.2 Å². The summed E-state index contributed by atoms with van der Waals surface area (Å²) in [6, 6.07) is 5.63. The highest BCUT2D eigenvalue weighted by atomic mass is 19.3. The van der Waals surface area contributed by atoms with E-state index in [-0.39, 0.29) is 46.8 Å². The molecule has 4 N–H and O–H groups in total. The number of nitrogens with zero attached hydrogens (tertiary/aromatic N) is 4. The highest BCUT2D eigenvalue weighted by molar-refractivity contribution is 5.94. The quantitative estimate of drug-likeness (QED) is 0.239. The normalized spacial score (nSPS) is 13.9. The van der Waals surface area contributed by atoms with Crippen molar-refractivity contribution in [2.45, 2.75) is 32.0 Å². The molecule has 39 heavy (non-hydrogen) atoms. The molecule has 0 aliphatic heterocycles. The molecule has 1 fully saturated rings. The SMILES string of the molecule is NCc1oc(-c2ccc(OC(F)F)c(OCC3CC3)c2)nc1C(=O)NC(c1nn[nH]n1)c1ccc(F)cc1F. The molecular weight excluding hydrogens is 526 g/mol. The number of aromatic amines is 1. The average molecular weight is 547 g/mol. The first-order valence-electron chi connectivity index (χ1n) is 11.7. The molecule has 2 aromatic carbocycles. The number of alkyl halides is 2. The molecule has 1 aliphatic rings. The molecule has 5 rings (SSSR count). The number of carbonyl (C=O) groups is 1. The molecule has 0 spiro atoms. The fourth-order valence-corrected chi connectivity index (χ4v) is 3.74. The molecule has 0 radical (unpaired) electrons. The van der Waals surface area contributed by atoms with E-state index in [0.717, 1.165) is 25.0 Å². The second-order valence-corrected chi connectivity index (χ2v) is 8.63. The lowest BCUT2D eigenvalue weighted by Crippen LogP contribution is -2.32. The van der Waals surface area contributed by atoms with Gasteiger partial charge < -0.3 is 24.9 Å². The van der Waals surface area contributed by atoms with Crippen LogP contribution in [0, 0.1) is 17.6 Å². The van der Waals surface area contributed by atoms with Gasteiger partial charge in [-0.2, -0.15) is 14.0 Å². The molecule has 4 aromatic rings. The van der Waals surface area contributed by atoms with E-state index in [9.17, 15) is 22.4 Å². The summed E-state index contributed by atoms with van der Waals surface area (Å²) < 4.78 is 69.7. The van der Waals surface area contributed by atoms with Crippen molar-refractivity contribution in [3.05, 3.63) is 70.9 Å². The molecular formula is C24H21F4N7O4. The Bertz CT molecular complexity index is 1460. The van der Waals surface area contributed by atoms with Crippen LogP contribution in [-0.2, 0) is 6.54 Å². The van der Waals surface area contributed by atoms with Crippen molar-refractivity contribution in [1.82, 2.24) is 30.9 Å². The number of amides is 1. The van der Waals surface area contributed by atoms with E-state index in [0.29, 0.717) is 24.2 Å². The summed E-state index contributed by atoms with van der Waals surface area (Å²) in [6.07, 6.45) is 1.96. The topological polar surface area (TPSA) is 154 Å². The number of halogens is 4. The fourth-order valence-electron chi connectivity index (χ4n) is 3.74. The van der Waals surface area contributed by atoms with Crippen molar-refractivity contribution in [3.63, 3.8) is 0 Å². The zero-order valence-corrected chi connectivity index (χ0v) is 20.0. The van der Waals surface area contributed by atoms with E-state index in [1.54, 1.807) is 0 Å². The number of tetrazole rings is 1. The van der Waals surface area contributed by atoms with E-state index in [2.05, 4.69) is 35.7 Å². The van der Waals surface area contributed by atoms with Crippen LogP contribution in [-0.4, -0.2) is 44.7 Å². The maximum atomic E-state index is 14.6. The monoisotopic (exact) mass is 547 g/mol. The van der Waals surface area contributed by atoms with Crippen LogP contribution in [0.25, 0.3) is 11.5 Å². The third kappa shape index (κ3) is 5.98. The van der Waals surface area contributed by atoms with Crippen molar-refractivity contribution in [2.24, 2.45) is 11.7 Å². The Labute approximate surface area is 217 Å². The summed E-state index contributed by atoms with van der Waals surface area (Å²) >= 11 is 0. The first kappa shape index (κ1) is 26.1. The number of oxazole rings is 1. The standard InChI is InChI=1S/C24H21F4N7O4/c25-13-4-5-14(15(26)8-13)19(21-32-34-35-33-21)30-22(36)20-18(9-29)38-23(31-20)12-3-6-16(39-24(27)28)17(7-12)37-10-11-1-2-11/h3-8,11,19,24H,1-2,9-10,29H2,(H,30,36)(H,32,33,34,35). The minimum absolute atomic E-state index is 0.0118. The van der Waals surface area contributed by atoms with Gasteiger partial charge in [0.1, 0.15) is 17.7 Å². The van der Waals surface area contributed by atoms with Gasteiger partial charge in [0.15, 0.2) is 23.0 Å². The second kappa shape index (κ2) is 11.1. The van der Waals surface area contributed by atoms with Crippen molar-refractivity contribution < 1.29 is 36.2 Å². The number of ether oxygens (including phenoxy) is 2. The van der Waals surface area contributed by atoms with Crippen molar-refractivity contribution in [2.75, 3.05) is 6.61 Å². The highest BCUT2D eigenvalue weighted by Gasteiger charge is 2.29. The lowest BCUT2D eigenvalue weighted by Gasteiger charge is -2.16. The molecule has 1 aliphatic carbocycles. The Morgan fingerprint density at radius 2 is 2.00 bits per heavy atom. The number of rotatable bonds is 11. The van der Waals surface area contributed by atoms with E-state index in [4.69, 9.17) is 14.9 Å². The van der Waals surface area contributed by atoms with Crippen LogP contribution in [0.5, 0.6) is 11.5 Å². The number of H-pyrrole nitrogens is 1. The molecule has 1 unspecified atom stereocenters. The van der Waals surface area contributed by atoms with E-state index in [1.807, 2.05) is 0 Å². The lowest BCUT2D eigenvalue weighted by atomic mass is 10.0. The minimum Gasteiger partial charge on any atom is -0.489 e. The Balaban J connectivity index is 1.44. The number of nitrogens with one attached hydrogen (secondary N) is 2. The van der Waals surface area contributed by atoms with Crippen LogP contribution >= 0.6 is 0 Å². The highest BCUT2D eigenvalue weighted by Crippen LogP contribution is 2.37. The summed E-state index contributed by atoms with van der Waals surface area (Å²) in [7, 11) is 0. The van der Waals surface area contributed by atoms with Gasteiger partial charge in [-0.15, -0.1) is 10.2 Å². The minimum atomic E-state index is -3.06. The largest absolute Gasteiger partial charge is 0.489 e. The van der Waals surface area contributed by atoms with Crippen molar-refractivity contribution in [3.8, 4) is 23.0 Å². The molecule has 0 bridgehead atoms. The molecule has 1 amide bonds. The summed E-state index contributed by atoms with van der Waals surface area (Å²) in [4.78, 5) is 17.5.